The number of benzene rings is 1. The van der Waals surface area contributed by atoms with Gasteiger partial charge < -0.3 is 25.3 Å². The van der Waals surface area contributed by atoms with E-state index in [0.29, 0.717) is 18.5 Å². The highest BCUT2D eigenvalue weighted by Gasteiger charge is 2.25. The highest BCUT2D eigenvalue weighted by Crippen LogP contribution is 2.32. The van der Waals surface area contributed by atoms with Gasteiger partial charge in [-0.05, 0) is 43.6 Å². The Kier molecular flexibility index (Phi) is 8.60. The van der Waals surface area contributed by atoms with E-state index in [0.717, 1.165) is 56.5 Å². The molecule has 2 aliphatic heterocycles. The summed E-state index contributed by atoms with van der Waals surface area (Å²) in [5.41, 5.74) is 7.37. The fourth-order valence-corrected chi connectivity index (χ4v) is 4.39. The van der Waals surface area contributed by atoms with Crippen LogP contribution in [0, 0.1) is 0 Å². The Labute approximate surface area is 180 Å². The molecule has 8 nitrogen and oxygen atoms in total. The van der Waals surface area contributed by atoms with Crippen molar-refractivity contribution in [2.75, 3.05) is 66.7 Å². The van der Waals surface area contributed by atoms with Crippen molar-refractivity contribution in [2.45, 2.75) is 31.8 Å². The number of hydrogen-bond donors (Lipinski definition) is 2. The molecule has 0 saturated carbocycles. The molecule has 168 valence electrons. The fourth-order valence-electron chi connectivity index (χ4n) is 4.39. The van der Waals surface area contributed by atoms with Crippen LogP contribution in [0.15, 0.2) is 23.2 Å². The first-order valence-corrected chi connectivity index (χ1v) is 11.0. The molecular weight excluding hydrogens is 382 g/mol. The number of hydrogen-bond acceptors (Lipinski definition) is 6. The lowest BCUT2D eigenvalue weighted by Gasteiger charge is -2.34. The highest BCUT2D eigenvalue weighted by molar-refractivity contribution is 5.77. The van der Waals surface area contributed by atoms with Gasteiger partial charge in [-0.2, -0.15) is 0 Å². The van der Waals surface area contributed by atoms with Crippen LogP contribution in [0.25, 0.3) is 0 Å². The number of nitrogens with one attached hydrogen (secondary N) is 1. The van der Waals surface area contributed by atoms with E-state index in [-0.39, 0.29) is 6.04 Å². The Morgan fingerprint density at radius 1 is 1.23 bits per heavy atom. The van der Waals surface area contributed by atoms with Gasteiger partial charge in [0.1, 0.15) is 0 Å². The summed E-state index contributed by atoms with van der Waals surface area (Å²) in [5.74, 6) is 1.96. The number of guanidine groups is 1. The van der Waals surface area contributed by atoms with E-state index in [1.54, 1.807) is 14.2 Å². The molecule has 8 heteroatoms. The number of nitrogens with two attached hydrogens (primary N) is 1. The normalized spacial score (nSPS) is 22.1. The van der Waals surface area contributed by atoms with Crippen molar-refractivity contribution >= 4 is 5.96 Å². The number of methoxy groups -OCH3 is 2. The standard InChI is InChI=1S/C22H37N5O3/c1-4-26-9-5-6-18(26)15-24-22(23)25-16-19(27-10-12-30-13-11-27)17-7-8-20(28-2)21(14-17)29-3/h7-8,14,18-19H,4-6,9-13,15-16H2,1-3H3,(H3,23,24,25). The molecule has 3 rings (SSSR count). The summed E-state index contributed by atoms with van der Waals surface area (Å²) in [7, 11) is 3.31. The van der Waals surface area contributed by atoms with Gasteiger partial charge >= 0.3 is 0 Å². The van der Waals surface area contributed by atoms with E-state index >= 15 is 0 Å². The monoisotopic (exact) mass is 419 g/mol. The molecule has 0 radical (unpaired) electrons. The second-order valence-corrected chi connectivity index (χ2v) is 7.81. The summed E-state index contributed by atoms with van der Waals surface area (Å²) in [6.07, 6.45) is 2.48. The van der Waals surface area contributed by atoms with Crippen LogP contribution in [0.4, 0.5) is 0 Å². The first-order valence-electron chi connectivity index (χ1n) is 11.0. The van der Waals surface area contributed by atoms with Gasteiger partial charge in [0.2, 0.25) is 0 Å². The van der Waals surface area contributed by atoms with Crippen molar-refractivity contribution in [1.29, 1.82) is 0 Å². The fraction of sp³-hybridized carbons (Fsp3) is 0.682. The molecule has 2 unspecified atom stereocenters. The lowest BCUT2D eigenvalue weighted by atomic mass is 10.0. The van der Waals surface area contributed by atoms with Crippen LogP contribution < -0.4 is 20.5 Å². The van der Waals surface area contributed by atoms with Gasteiger partial charge in [0.25, 0.3) is 0 Å². The van der Waals surface area contributed by atoms with Crippen LogP contribution in [-0.4, -0.2) is 88.5 Å². The zero-order valence-corrected chi connectivity index (χ0v) is 18.6. The van der Waals surface area contributed by atoms with Gasteiger partial charge in [-0.25, -0.2) is 0 Å². The molecule has 1 aromatic rings. The summed E-state index contributed by atoms with van der Waals surface area (Å²) < 4.78 is 16.4. The van der Waals surface area contributed by atoms with Crippen molar-refractivity contribution in [1.82, 2.24) is 15.1 Å². The van der Waals surface area contributed by atoms with Crippen LogP contribution in [-0.2, 0) is 4.74 Å². The van der Waals surface area contributed by atoms with E-state index in [9.17, 15) is 0 Å². The molecule has 2 fully saturated rings. The van der Waals surface area contributed by atoms with Gasteiger partial charge in [-0.3, -0.25) is 14.8 Å². The number of nitrogens with zero attached hydrogens (tertiary/aromatic N) is 3. The minimum Gasteiger partial charge on any atom is -0.493 e. The SMILES string of the molecule is CCN1CCCC1CNC(N)=NCC(c1ccc(OC)c(OC)c1)N1CCOCC1. The van der Waals surface area contributed by atoms with Crippen LogP contribution in [0.1, 0.15) is 31.4 Å². The third kappa shape index (κ3) is 5.77. The summed E-state index contributed by atoms with van der Waals surface area (Å²) >= 11 is 0. The quantitative estimate of drug-likeness (QED) is 0.463. The van der Waals surface area contributed by atoms with E-state index in [1.165, 1.54) is 19.4 Å². The Hall–Kier alpha value is -2.03. The van der Waals surface area contributed by atoms with Crippen molar-refractivity contribution in [3.05, 3.63) is 23.8 Å². The highest BCUT2D eigenvalue weighted by atomic mass is 16.5. The third-order valence-electron chi connectivity index (χ3n) is 6.14. The average Bonchev–Trinajstić information content (AvgIpc) is 3.26. The van der Waals surface area contributed by atoms with E-state index in [4.69, 9.17) is 24.9 Å². The van der Waals surface area contributed by atoms with Gasteiger partial charge in [0, 0.05) is 25.7 Å². The molecule has 3 N–H and O–H groups in total. The van der Waals surface area contributed by atoms with Crippen LogP contribution in [0.5, 0.6) is 11.5 Å². The van der Waals surface area contributed by atoms with Crippen molar-refractivity contribution in [3.63, 3.8) is 0 Å². The number of likely N-dealkylation sites (tertiary alicyclic amines) is 1. The predicted octanol–water partition coefficient (Wildman–Crippen LogP) is 1.47. The third-order valence-corrected chi connectivity index (χ3v) is 6.14. The van der Waals surface area contributed by atoms with E-state index < -0.39 is 0 Å². The number of morpholine rings is 1. The topological polar surface area (TPSA) is 84.6 Å². The zero-order chi connectivity index (χ0) is 21.3. The summed E-state index contributed by atoms with van der Waals surface area (Å²) in [4.78, 5) is 9.60. The second kappa shape index (κ2) is 11.4. The molecule has 2 saturated heterocycles. The minimum atomic E-state index is 0.104. The summed E-state index contributed by atoms with van der Waals surface area (Å²) in [6.45, 7) is 9.11. The minimum absolute atomic E-state index is 0.104. The molecule has 2 aliphatic rings. The smallest absolute Gasteiger partial charge is 0.188 e. The van der Waals surface area contributed by atoms with E-state index in [2.05, 4.69) is 28.1 Å². The molecule has 30 heavy (non-hydrogen) atoms. The van der Waals surface area contributed by atoms with Gasteiger partial charge in [0.05, 0.1) is 40.0 Å². The Morgan fingerprint density at radius 3 is 2.70 bits per heavy atom. The number of aliphatic imine (C=N–C) groups is 1. The first kappa shape index (κ1) is 22.7. The largest absolute Gasteiger partial charge is 0.493 e. The van der Waals surface area contributed by atoms with Gasteiger partial charge in [0.15, 0.2) is 17.5 Å². The molecule has 0 aromatic heterocycles. The lowest BCUT2D eigenvalue weighted by Crippen LogP contribution is -2.43. The number of ether oxygens (including phenoxy) is 3. The molecule has 0 amide bonds. The molecule has 0 bridgehead atoms. The molecule has 1 aromatic carbocycles. The van der Waals surface area contributed by atoms with Gasteiger partial charge in [-0.15, -0.1) is 0 Å². The maximum atomic E-state index is 6.23. The Bertz CT molecular complexity index is 693. The Balaban J connectivity index is 1.68. The molecule has 0 spiro atoms. The van der Waals surface area contributed by atoms with Crippen molar-refractivity contribution < 1.29 is 14.2 Å². The predicted molar refractivity (Wildman–Crippen MR) is 119 cm³/mol. The van der Waals surface area contributed by atoms with Crippen molar-refractivity contribution in [2.24, 2.45) is 10.7 Å². The zero-order valence-electron chi connectivity index (χ0n) is 18.6. The Morgan fingerprint density at radius 2 is 2.00 bits per heavy atom. The maximum absolute atomic E-state index is 6.23. The molecular formula is C22H37N5O3. The van der Waals surface area contributed by atoms with E-state index in [1.807, 2.05) is 12.1 Å². The molecule has 0 aliphatic carbocycles. The van der Waals surface area contributed by atoms with Crippen LogP contribution in [0.2, 0.25) is 0 Å². The summed E-state index contributed by atoms with van der Waals surface area (Å²) in [6, 6.07) is 6.72. The van der Waals surface area contributed by atoms with Crippen LogP contribution in [0.3, 0.4) is 0 Å². The number of rotatable bonds is 9. The first-order chi connectivity index (χ1) is 14.7. The average molecular weight is 420 g/mol. The van der Waals surface area contributed by atoms with Crippen LogP contribution >= 0.6 is 0 Å². The summed E-state index contributed by atoms with van der Waals surface area (Å²) in [5, 5.41) is 3.34. The number of likely N-dealkylation sites (N-methyl/N-ethyl adjacent to an activating group) is 1. The van der Waals surface area contributed by atoms with Crippen molar-refractivity contribution in [3.8, 4) is 11.5 Å². The molecule has 2 heterocycles. The second-order valence-electron chi connectivity index (χ2n) is 7.81. The van der Waals surface area contributed by atoms with Gasteiger partial charge in [-0.1, -0.05) is 13.0 Å². The maximum Gasteiger partial charge on any atom is 0.188 e. The molecule has 2 atom stereocenters. The lowest BCUT2D eigenvalue weighted by molar-refractivity contribution is 0.0179.